The Morgan fingerprint density at radius 2 is 1.83 bits per heavy atom. The van der Waals surface area contributed by atoms with E-state index in [2.05, 4.69) is 45.1 Å². The largest absolute Gasteiger partial charge is 0.460 e. The number of halogens is 1. The van der Waals surface area contributed by atoms with Gasteiger partial charge in [-0.05, 0) is 38.1 Å². The number of rotatable bonds is 3. The van der Waals surface area contributed by atoms with Crippen LogP contribution in [-0.4, -0.2) is 18.0 Å². The van der Waals surface area contributed by atoms with Gasteiger partial charge in [-0.15, -0.1) is 0 Å². The van der Waals surface area contributed by atoms with Gasteiger partial charge in [0.05, 0.1) is 6.61 Å². The van der Waals surface area contributed by atoms with E-state index in [1.807, 2.05) is 18.2 Å². The summed E-state index contributed by atoms with van der Waals surface area (Å²) in [5, 5.41) is 0. The molecule has 2 aromatic carbocycles. The van der Waals surface area contributed by atoms with Crippen LogP contribution in [0.2, 0.25) is 0 Å². The molecule has 2 aromatic rings. The van der Waals surface area contributed by atoms with Crippen LogP contribution in [0.3, 0.4) is 0 Å². The number of benzene rings is 2. The number of likely N-dealkylation sites (tertiary alicyclic amines) is 1. The Labute approximate surface area is 151 Å². The molecule has 1 atom stereocenters. The van der Waals surface area contributed by atoms with Gasteiger partial charge in [0, 0.05) is 27.7 Å². The zero-order valence-electron chi connectivity index (χ0n) is 13.7. The number of nitrogens with zero attached hydrogens (tertiary/aromatic N) is 1. The molecule has 0 spiro atoms. The molecule has 1 saturated heterocycles. The molecule has 24 heavy (non-hydrogen) atoms. The van der Waals surface area contributed by atoms with Crippen molar-refractivity contribution in [2.75, 3.05) is 13.1 Å². The molecule has 1 unspecified atom stereocenters. The van der Waals surface area contributed by atoms with Gasteiger partial charge in [-0.2, -0.15) is 0 Å². The Morgan fingerprint density at radius 3 is 2.62 bits per heavy atom. The lowest BCUT2D eigenvalue weighted by Crippen LogP contribution is -2.30. The molecule has 126 valence electrons. The molecule has 1 fully saturated rings. The van der Waals surface area contributed by atoms with Crippen LogP contribution in [0.5, 0.6) is 5.75 Å². The molecule has 0 aromatic heterocycles. The van der Waals surface area contributed by atoms with Gasteiger partial charge in [0.25, 0.3) is 0 Å². The predicted octanol–water partition coefficient (Wildman–Crippen LogP) is 5.04. The summed E-state index contributed by atoms with van der Waals surface area (Å²) in [6, 6.07) is 14.5. The fourth-order valence-electron chi connectivity index (χ4n) is 3.53. The normalized spacial score (nSPS) is 21.1. The minimum Gasteiger partial charge on any atom is -0.460 e. The first-order chi connectivity index (χ1) is 11.8. The smallest absolute Gasteiger partial charge is 0.227 e. The highest BCUT2D eigenvalue weighted by atomic mass is 79.9. The number of ether oxygens (including phenoxy) is 2. The summed E-state index contributed by atoms with van der Waals surface area (Å²) < 4.78 is 13.3. The molecule has 4 rings (SSSR count). The zero-order chi connectivity index (χ0) is 16.4. The van der Waals surface area contributed by atoms with Gasteiger partial charge < -0.3 is 9.47 Å². The Balaban J connectivity index is 1.60. The maximum absolute atomic E-state index is 6.28. The topological polar surface area (TPSA) is 21.7 Å². The maximum atomic E-state index is 6.28. The van der Waals surface area contributed by atoms with Crippen LogP contribution < -0.4 is 4.74 Å². The molecule has 3 nitrogen and oxygen atoms in total. The second-order valence-corrected chi connectivity index (χ2v) is 7.48. The molecule has 0 bridgehead atoms. The Kier molecular flexibility index (Phi) is 4.88. The standard InChI is InChI=1S/C20H22BrNO2/c21-18-11-16(13-22-9-5-2-6-10-22)19-17(12-18)14-23-20(24-19)15-7-3-1-4-8-15/h1,3-4,7-8,11-12,20H,2,5-6,9-10,13-14H2. The Hall–Kier alpha value is -1.36. The van der Waals surface area contributed by atoms with Crippen molar-refractivity contribution in [3.8, 4) is 5.75 Å². The van der Waals surface area contributed by atoms with Gasteiger partial charge in [0.1, 0.15) is 5.75 Å². The number of hydrogen-bond acceptors (Lipinski definition) is 3. The average molecular weight is 388 g/mol. The molecular weight excluding hydrogens is 366 g/mol. The van der Waals surface area contributed by atoms with Crippen LogP contribution in [0.15, 0.2) is 46.9 Å². The lowest BCUT2D eigenvalue weighted by Gasteiger charge is -2.31. The number of hydrogen-bond donors (Lipinski definition) is 0. The maximum Gasteiger partial charge on any atom is 0.227 e. The molecule has 2 heterocycles. The number of fused-ring (bicyclic) bond motifs is 1. The van der Waals surface area contributed by atoms with Crippen molar-refractivity contribution < 1.29 is 9.47 Å². The van der Waals surface area contributed by atoms with Gasteiger partial charge in [0.2, 0.25) is 6.29 Å². The fourth-order valence-corrected chi connectivity index (χ4v) is 4.08. The minimum atomic E-state index is -0.319. The highest BCUT2D eigenvalue weighted by Gasteiger charge is 2.25. The third kappa shape index (κ3) is 3.51. The van der Waals surface area contributed by atoms with Crippen LogP contribution in [0.4, 0.5) is 0 Å². The van der Waals surface area contributed by atoms with E-state index < -0.39 is 0 Å². The van der Waals surface area contributed by atoms with E-state index in [0.717, 1.165) is 27.9 Å². The first-order valence-electron chi connectivity index (χ1n) is 8.66. The molecule has 0 radical (unpaired) electrons. The van der Waals surface area contributed by atoms with Crippen LogP contribution in [0.25, 0.3) is 0 Å². The quantitative estimate of drug-likeness (QED) is 0.735. The van der Waals surface area contributed by atoms with Crippen LogP contribution >= 0.6 is 15.9 Å². The van der Waals surface area contributed by atoms with Crippen molar-refractivity contribution in [2.24, 2.45) is 0 Å². The monoisotopic (exact) mass is 387 g/mol. The molecule has 0 aliphatic carbocycles. The average Bonchev–Trinajstić information content (AvgIpc) is 2.63. The third-order valence-electron chi connectivity index (χ3n) is 4.74. The second-order valence-electron chi connectivity index (χ2n) is 6.56. The van der Waals surface area contributed by atoms with Crippen molar-refractivity contribution in [2.45, 2.75) is 38.7 Å². The molecule has 0 N–H and O–H groups in total. The summed E-state index contributed by atoms with van der Waals surface area (Å²) in [5.41, 5.74) is 3.45. The molecule has 0 saturated carbocycles. The third-order valence-corrected chi connectivity index (χ3v) is 5.19. The minimum absolute atomic E-state index is 0.319. The Bertz CT molecular complexity index is 698. The van der Waals surface area contributed by atoms with Gasteiger partial charge >= 0.3 is 0 Å². The lowest BCUT2D eigenvalue weighted by atomic mass is 10.1. The van der Waals surface area contributed by atoms with Crippen molar-refractivity contribution in [1.29, 1.82) is 0 Å². The van der Waals surface area contributed by atoms with E-state index in [1.54, 1.807) is 0 Å². The van der Waals surface area contributed by atoms with Crippen molar-refractivity contribution in [3.63, 3.8) is 0 Å². The first-order valence-corrected chi connectivity index (χ1v) is 9.46. The van der Waals surface area contributed by atoms with E-state index in [9.17, 15) is 0 Å². The summed E-state index contributed by atoms with van der Waals surface area (Å²) in [7, 11) is 0. The summed E-state index contributed by atoms with van der Waals surface area (Å²) in [6.07, 6.45) is 3.63. The molecular formula is C20H22BrNO2. The molecule has 2 aliphatic heterocycles. The summed E-state index contributed by atoms with van der Waals surface area (Å²) in [4.78, 5) is 2.53. The summed E-state index contributed by atoms with van der Waals surface area (Å²) >= 11 is 3.64. The van der Waals surface area contributed by atoms with E-state index in [0.29, 0.717) is 6.61 Å². The molecule has 2 aliphatic rings. The zero-order valence-corrected chi connectivity index (χ0v) is 15.3. The SMILES string of the molecule is Brc1cc2c(c(CN3CCCCC3)c1)OC(c1ccccc1)OC2. The van der Waals surface area contributed by atoms with E-state index in [-0.39, 0.29) is 6.29 Å². The van der Waals surface area contributed by atoms with Crippen molar-refractivity contribution in [3.05, 3.63) is 63.6 Å². The van der Waals surface area contributed by atoms with Crippen LogP contribution in [0.1, 0.15) is 42.2 Å². The highest BCUT2D eigenvalue weighted by molar-refractivity contribution is 9.10. The van der Waals surface area contributed by atoms with Crippen molar-refractivity contribution >= 4 is 15.9 Å². The number of piperidine rings is 1. The fraction of sp³-hybridized carbons (Fsp3) is 0.400. The van der Waals surface area contributed by atoms with Crippen LogP contribution in [-0.2, 0) is 17.9 Å². The summed E-state index contributed by atoms with van der Waals surface area (Å²) in [6.45, 7) is 3.89. The van der Waals surface area contributed by atoms with E-state index in [4.69, 9.17) is 9.47 Å². The van der Waals surface area contributed by atoms with Gasteiger partial charge in [-0.3, -0.25) is 4.90 Å². The highest BCUT2D eigenvalue weighted by Crippen LogP contribution is 2.38. The van der Waals surface area contributed by atoms with Gasteiger partial charge in [0.15, 0.2) is 0 Å². The molecule has 0 amide bonds. The first kappa shape index (κ1) is 16.1. The summed E-state index contributed by atoms with van der Waals surface area (Å²) in [5.74, 6) is 1.00. The lowest BCUT2D eigenvalue weighted by molar-refractivity contribution is -0.112. The van der Waals surface area contributed by atoms with Crippen molar-refractivity contribution in [1.82, 2.24) is 4.90 Å². The van der Waals surface area contributed by atoms with Crippen LogP contribution in [0, 0.1) is 0 Å². The second kappa shape index (κ2) is 7.26. The van der Waals surface area contributed by atoms with Gasteiger partial charge in [-0.1, -0.05) is 52.7 Å². The predicted molar refractivity (Wildman–Crippen MR) is 97.9 cm³/mol. The Morgan fingerprint density at radius 1 is 1.04 bits per heavy atom. The van der Waals surface area contributed by atoms with Gasteiger partial charge in [-0.25, -0.2) is 0 Å². The molecule has 4 heteroatoms. The van der Waals surface area contributed by atoms with E-state index in [1.165, 1.54) is 37.9 Å². The van der Waals surface area contributed by atoms with E-state index >= 15 is 0 Å².